The van der Waals surface area contributed by atoms with Gasteiger partial charge >= 0.3 is 0 Å². The summed E-state index contributed by atoms with van der Waals surface area (Å²) in [5, 5.41) is 0. The second-order valence-electron chi connectivity index (χ2n) is 11.1. The molecule has 0 N–H and O–H groups in total. The molecule has 6 heteroatoms. The molecule has 45 heavy (non-hydrogen) atoms. The summed E-state index contributed by atoms with van der Waals surface area (Å²) in [5.41, 5.74) is 4.27. The number of hydrogen-bond donors (Lipinski definition) is 0. The average molecular weight is 609 g/mol. The van der Waals surface area contributed by atoms with E-state index in [4.69, 9.17) is 28.4 Å². The van der Waals surface area contributed by atoms with E-state index in [9.17, 15) is 0 Å². The highest BCUT2D eigenvalue weighted by atomic mass is 16.7. The van der Waals surface area contributed by atoms with E-state index in [-0.39, 0.29) is 0 Å². The van der Waals surface area contributed by atoms with E-state index in [2.05, 4.69) is 43.0 Å². The van der Waals surface area contributed by atoms with Gasteiger partial charge in [-0.1, -0.05) is 127 Å². The molecule has 1 unspecified atom stereocenters. The van der Waals surface area contributed by atoms with Gasteiger partial charge in [-0.25, -0.2) is 0 Å². The van der Waals surface area contributed by atoms with Crippen LogP contribution >= 0.6 is 0 Å². The van der Waals surface area contributed by atoms with Crippen molar-refractivity contribution >= 4 is 0 Å². The number of ether oxygens (including phenoxy) is 6. The van der Waals surface area contributed by atoms with E-state index in [0.29, 0.717) is 39.6 Å². The van der Waals surface area contributed by atoms with E-state index >= 15 is 0 Å². The zero-order chi connectivity index (χ0) is 30.9. The van der Waals surface area contributed by atoms with Gasteiger partial charge in [0.15, 0.2) is 6.29 Å². The number of unbranched alkanes of at least 4 members (excludes halogenated alkanes) is 1. The van der Waals surface area contributed by atoms with Gasteiger partial charge in [0.2, 0.25) is 0 Å². The zero-order valence-corrected chi connectivity index (χ0v) is 25.8. The Kier molecular flexibility index (Phi) is 13.4. The maximum absolute atomic E-state index is 6.74. The van der Waals surface area contributed by atoms with Crippen LogP contribution in [0, 0.1) is 0 Å². The van der Waals surface area contributed by atoms with Crippen LogP contribution in [0.25, 0.3) is 0 Å². The van der Waals surface area contributed by atoms with Crippen molar-refractivity contribution in [3.63, 3.8) is 0 Å². The minimum atomic E-state index is -0.679. The van der Waals surface area contributed by atoms with E-state index in [1.165, 1.54) is 0 Å². The molecule has 0 radical (unpaired) electrons. The number of rotatable bonds is 18. The van der Waals surface area contributed by atoms with E-state index in [1.54, 1.807) is 0 Å². The third-order valence-corrected chi connectivity index (χ3v) is 7.68. The minimum absolute atomic E-state index is 0.303. The molecule has 0 saturated carbocycles. The lowest BCUT2D eigenvalue weighted by atomic mass is 9.97. The lowest BCUT2D eigenvalue weighted by molar-refractivity contribution is -0.328. The molecule has 6 nitrogen and oxygen atoms in total. The van der Waals surface area contributed by atoms with Crippen molar-refractivity contribution < 1.29 is 28.4 Å². The Labute approximate surface area is 267 Å². The quantitative estimate of drug-likeness (QED) is 0.0854. The Balaban J connectivity index is 1.41. The molecule has 236 valence electrons. The molecule has 0 bridgehead atoms. The van der Waals surface area contributed by atoms with Crippen LogP contribution < -0.4 is 0 Å². The summed E-state index contributed by atoms with van der Waals surface area (Å²) in [5.74, 6) is 0. The topological polar surface area (TPSA) is 55.4 Å². The largest absolute Gasteiger partial charge is 0.374 e. The third-order valence-electron chi connectivity index (χ3n) is 7.68. The molecule has 5 atom stereocenters. The number of hydrogen-bond acceptors (Lipinski definition) is 6. The maximum atomic E-state index is 6.74. The first-order chi connectivity index (χ1) is 22.3. The van der Waals surface area contributed by atoms with E-state index < -0.39 is 30.7 Å². The Morgan fingerprint density at radius 3 is 1.47 bits per heavy atom. The van der Waals surface area contributed by atoms with Crippen LogP contribution in [0.1, 0.15) is 35.1 Å². The van der Waals surface area contributed by atoms with Crippen molar-refractivity contribution in [3.05, 3.63) is 156 Å². The smallest absolute Gasteiger partial charge is 0.186 e. The number of allylic oxidation sites excluding steroid dienone is 1. The molecular formula is C39H44O6. The maximum Gasteiger partial charge on any atom is 0.186 e. The first-order valence-corrected chi connectivity index (χ1v) is 15.8. The summed E-state index contributed by atoms with van der Waals surface area (Å²) in [6, 6.07) is 40.5. The van der Waals surface area contributed by atoms with Gasteiger partial charge in [-0.05, 0) is 35.1 Å². The first-order valence-electron chi connectivity index (χ1n) is 15.8. The normalized spacial score (nSPS) is 21.4. The van der Waals surface area contributed by atoms with Crippen LogP contribution in [0.5, 0.6) is 0 Å². The van der Waals surface area contributed by atoms with Gasteiger partial charge in [-0.15, -0.1) is 6.58 Å². The predicted octanol–water partition coefficient (Wildman–Crippen LogP) is 7.67. The summed E-state index contributed by atoms with van der Waals surface area (Å²) in [4.78, 5) is 0. The summed E-state index contributed by atoms with van der Waals surface area (Å²) in [6.07, 6.45) is 0.896. The molecule has 1 aliphatic heterocycles. The summed E-state index contributed by atoms with van der Waals surface area (Å²) >= 11 is 0. The van der Waals surface area contributed by atoms with Gasteiger partial charge in [-0.2, -0.15) is 0 Å². The fourth-order valence-corrected chi connectivity index (χ4v) is 5.31. The Hall–Kier alpha value is -3.62. The van der Waals surface area contributed by atoms with Crippen LogP contribution in [-0.4, -0.2) is 43.9 Å². The van der Waals surface area contributed by atoms with Crippen molar-refractivity contribution in [2.24, 2.45) is 0 Å². The fraction of sp³-hybridized carbons (Fsp3) is 0.333. The highest BCUT2D eigenvalue weighted by molar-refractivity contribution is 5.16. The van der Waals surface area contributed by atoms with E-state index in [0.717, 1.165) is 35.1 Å². The molecule has 1 saturated heterocycles. The molecule has 1 aliphatic rings. The van der Waals surface area contributed by atoms with Gasteiger partial charge in [-0.3, -0.25) is 0 Å². The van der Waals surface area contributed by atoms with Crippen molar-refractivity contribution in [1.82, 2.24) is 0 Å². The molecule has 4 aromatic carbocycles. The zero-order valence-electron chi connectivity index (χ0n) is 25.8. The van der Waals surface area contributed by atoms with Crippen LogP contribution in [0.15, 0.2) is 134 Å². The molecule has 4 aromatic rings. The lowest BCUT2D eigenvalue weighted by Crippen LogP contribution is -2.61. The third kappa shape index (κ3) is 10.5. The van der Waals surface area contributed by atoms with Gasteiger partial charge in [0.1, 0.15) is 24.4 Å². The minimum Gasteiger partial charge on any atom is -0.374 e. The average Bonchev–Trinajstić information content (AvgIpc) is 3.10. The van der Waals surface area contributed by atoms with Crippen LogP contribution in [-0.2, 0) is 54.8 Å². The lowest BCUT2D eigenvalue weighted by Gasteiger charge is -2.46. The number of benzene rings is 4. The summed E-state index contributed by atoms with van der Waals surface area (Å²) in [7, 11) is 0. The highest BCUT2D eigenvalue weighted by Crippen LogP contribution is 2.32. The molecule has 0 amide bonds. The second-order valence-corrected chi connectivity index (χ2v) is 11.1. The SMILES string of the molecule is C=CCCCOC1O[C@H](COCc2ccccc2)[C@H](OCc2ccccc2)[C@H](OCc2ccccc2)[C@H]1OCc1ccccc1. The van der Waals surface area contributed by atoms with Crippen LogP contribution in [0.4, 0.5) is 0 Å². The Morgan fingerprint density at radius 2 is 0.978 bits per heavy atom. The monoisotopic (exact) mass is 608 g/mol. The highest BCUT2D eigenvalue weighted by Gasteiger charge is 2.49. The standard InChI is InChI=1S/C39H44O6/c1-2-3-16-25-41-39-38(44-29-34-23-14-7-15-24-34)37(43-28-33-21-12-6-13-22-33)36(42-27-32-19-10-5-11-20-32)35(45-39)30-40-26-31-17-8-4-9-18-31/h2,4-15,17-24,35-39H,1,3,16,25-30H2/t35-,36+,37+,38-,39?/m1/s1. The van der Waals surface area contributed by atoms with E-state index in [1.807, 2.05) is 91.0 Å². The van der Waals surface area contributed by atoms with Crippen molar-refractivity contribution in [3.8, 4) is 0 Å². The summed E-state index contributed by atoms with van der Waals surface area (Å²) < 4.78 is 39.4. The molecule has 0 spiro atoms. The molecular weight excluding hydrogens is 564 g/mol. The Bertz CT molecular complexity index is 1350. The Morgan fingerprint density at radius 1 is 0.533 bits per heavy atom. The van der Waals surface area contributed by atoms with Crippen LogP contribution in [0.3, 0.4) is 0 Å². The van der Waals surface area contributed by atoms with Gasteiger partial charge in [0.25, 0.3) is 0 Å². The summed E-state index contributed by atoms with van der Waals surface area (Å²) in [6.45, 7) is 6.28. The van der Waals surface area contributed by atoms with Crippen LogP contribution in [0.2, 0.25) is 0 Å². The predicted molar refractivity (Wildman–Crippen MR) is 175 cm³/mol. The van der Waals surface area contributed by atoms with Gasteiger partial charge in [0, 0.05) is 0 Å². The molecule has 1 heterocycles. The van der Waals surface area contributed by atoms with Crippen molar-refractivity contribution in [1.29, 1.82) is 0 Å². The van der Waals surface area contributed by atoms with Crippen molar-refractivity contribution in [2.45, 2.75) is 70.0 Å². The van der Waals surface area contributed by atoms with Gasteiger partial charge < -0.3 is 28.4 Å². The molecule has 0 aliphatic carbocycles. The second kappa shape index (κ2) is 18.4. The fourth-order valence-electron chi connectivity index (χ4n) is 5.31. The molecule has 0 aromatic heterocycles. The van der Waals surface area contributed by atoms with Gasteiger partial charge in [0.05, 0.1) is 39.6 Å². The first kappa shape index (κ1) is 32.8. The molecule has 1 fully saturated rings. The van der Waals surface area contributed by atoms with Crippen molar-refractivity contribution in [2.75, 3.05) is 13.2 Å². The molecule has 5 rings (SSSR count).